The summed E-state index contributed by atoms with van der Waals surface area (Å²) in [6.45, 7) is -0.177. The molecule has 0 fully saturated rings. The first-order valence-corrected chi connectivity index (χ1v) is 4.60. The molecule has 0 radical (unpaired) electrons. The van der Waals surface area contributed by atoms with Crippen molar-refractivity contribution < 1.29 is 19.7 Å². The third-order valence-corrected chi connectivity index (χ3v) is 1.78. The standard InChI is InChI=1S/C9H13N3O4/c1-16-9(15)7-3-12-8(4-10-7)11-2-6(14)5-13/h3-4,6,13-14H,2,5H2,1H3,(H,11,12). The van der Waals surface area contributed by atoms with E-state index < -0.39 is 12.1 Å². The fourth-order valence-corrected chi connectivity index (χ4v) is 0.916. The van der Waals surface area contributed by atoms with Crippen molar-refractivity contribution in [3.63, 3.8) is 0 Å². The number of aliphatic hydroxyl groups is 2. The number of nitrogens with zero attached hydrogens (tertiary/aromatic N) is 2. The van der Waals surface area contributed by atoms with E-state index in [2.05, 4.69) is 20.0 Å². The van der Waals surface area contributed by atoms with Crippen LogP contribution in [0.3, 0.4) is 0 Å². The van der Waals surface area contributed by atoms with Gasteiger partial charge in [-0.1, -0.05) is 0 Å². The van der Waals surface area contributed by atoms with E-state index in [1.54, 1.807) is 0 Å². The maximum atomic E-state index is 11.0. The Morgan fingerprint density at radius 1 is 1.56 bits per heavy atom. The summed E-state index contributed by atoms with van der Waals surface area (Å²) in [5, 5.41) is 20.4. The van der Waals surface area contributed by atoms with E-state index in [4.69, 9.17) is 10.2 Å². The molecule has 16 heavy (non-hydrogen) atoms. The van der Waals surface area contributed by atoms with Gasteiger partial charge in [0.1, 0.15) is 5.82 Å². The summed E-state index contributed by atoms with van der Waals surface area (Å²) in [5.41, 5.74) is 0.107. The maximum absolute atomic E-state index is 11.0. The van der Waals surface area contributed by atoms with E-state index in [0.29, 0.717) is 5.82 Å². The molecule has 7 heteroatoms. The minimum absolute atomic E-state index is 0.107. The van der Waals surface area contributed by atoms with Crippen LogP contribution in [0.4, 0.5) is 5.82 Å². The van der Waals surface area contributed by atoms with Gasteiger partial charge in [-0.25, -0.2) is 14.8 Å². The van der Waals surface area contributed by atoms with Crippen molar-refractivity contribution in [1.82, 2.24) is 9.97 Å². The molecule has 0 aliphatic rings. The lowest BCUT2D eigenvalue weighted by Gasteiger charge is -2.08. The molecule has 0 aromatic carbocycles. The van der Waals surface area contributed by atoms with Gasteiger partial charge in [0.15, 0.2) is 5.69 Å². The van der Waals surface area contributed by atoms with Crippen molar-refractivity contribution in [2.75, 3.05) is 25.6 Å². The van der Waals surface area contributed by atoms with E-state index in [1.165, 1.54) is 19.5 Å². The number of hydrogen-bond donors (Lipinski definition) is 3. The van der Waals surface area contributed by atoms with Crippen molar-refractivity contribution in [2.24, 2.45) is 0 Å². The number of anilines is 1. The van der Waals surface area contributed by atoms with Crippen LogP contribution in [0.2, 0.25) is 0 Å². The molecule has 0 spiro atoms. The maximum Gasteiger partial charge on any atom is 0.358 e. The predicted molar refractivity (Wildman–Crippen MR) is 55.0 cm³/mol. The topological polar surface area (TPSA) is 105 Å². The minimum Gasteiger partial charge on any atom is -0.464 e. The summed E-state index contributed by atoms with van der Waals surface area (Å²) >= 11 is 0. The van der Waals surface area contributed by atoms with Gasteiger partial charge in [0, 0.05) is 6.54 Å². The number of esters is 1. The van der Waals surface area contributed by atoms with E-state index in [9.17, 15) is 4.79 Å². The van der Waals surface area contributed by atoms with Crippen molar-refractivity contribution in [1.29, 1.82) is 0 Å². The lowest BCUT2D eigenvalue weighted by Crippen LogP contribution is -2.23. The van der Waals surface area contributed by atoms with E-state index >= 15 is 0 Å². The molecule has 0 aliphatic carbocycles. The SMILES string of the molecule is COC(=O)c1cnc(NCC(O)CO)cn1. The van der Waals surface area contributed by atoms with Gasteiger partial charge in [-0.3, -0.25) is 0 Å². The molecular formula is C9H13N3O4. The Morgan fingerprint density at radius 2 is 2.31 bits per heavy atom. The molecule has 1 atom stereocenters. The highest BCUT2D eigenvalue weighted by Gasteiger charge is 2.07. The van der Waals surface area contributed by atoms with Crippen LogP contribution in [0.25, 0.3) is 0 Å². The summed E-state index contributed by atoms with van der Waals surface area (Å²) in [5.74, 6) is -0.158. The number of methoxy groups -OCH3 is 1. The third-order valence-electron chi connectivity index (χ3n) is 1.78. The molecule has 1 rings (SSSR count). The zero-order valence-corrected chi connectivity index (χ0v) is 8.75. The lowest BCUT2D eigenvalue weighted by atomic mass is 10.4. The van der Waals surface area contributed by atoms with Crippen molar-refractivity contribution in [2.45, 2.75) is 6.10 Å². The van der Waals surface area contributed by atoms with Crippen LogP contribution in [0, 0.1) is 0 Å². The predicted octanol–water partition coefficient (Wildman–Crippen LogP) is -0.972. The highest BCUT2D eigenvalue weighted by atomic mass is 16.5. The number of aromatic nitrogens is 2. The third kappa shape index (κ3) is 3.44. The molecule has 1 aromatic rings. The molecule has 88 valence electrons. The number of aliphatic hydroxyl groups excluding tert-OH is 2. The Balaban J connectivity index is 2.54. The van der Waals surface area contributed by atoms with E-state index in [-0.39, 0.29) is 18.8 Å². The average Bonchev–Trinajstić information content (AvgIpc) is 2.35. The van der Waals surface area contributed by atoms with Gasteiger partial charge in [-0.05, 0) is 0 Å². The van der Waals surface area contributed by atoms with Gasteiger partial charge < -0.3 is 20.3 Å². The monoisotopic (exact) mass is 227 g/mol. The van der Waals surface area contributed by atoms with Crippen LogP contribution in [0.1, 0.15) is 10.5 Å². The Kier molecular flexibility index (Phi) is 4.62. The summed E-state index contributed by atoms with van der Waals surface area (Å²) < 4.78 is 4.46. The lowest BCUT2D eigenvalue weighted by molar-refractivity contribution is 0.0593. The fourth-order valence-electron chi connectivity index (χ4n) is 0.916. The first kappa shape index (κ1) is 12.3. The molecule has 7 nitrogen and oxygen atoms in total. The van der Waals surface area contributed by atoms with Gasteiger partial charge in [-0.2, -0.15) is 0 Å². The minimum atomic E-state index is -0.859. The van der Waals surface area contributed by atoms with Crippen LogP contribution in [-0.4, -0.2) is 52.5 Å². The quantitative estimate of drug-likeness (QED) is 0.556. The summed E-state index contributed by atoms with van der Waals surface area (Å²) in [6.07, 6.45) is 1.75. The zero-order valence-electron chi connectivity index (χ0n) is 8.75. The van der Waals surface area contributed by atoms with Crippen molar-refractivity contribution >= 4 is 11.8 Å². The second-order valence-corrected chi connectivity index (χ2v) is 3.00. The average molecular weight is 227 g/mol. The Morgan fingerprint density at radius 3 is 2.81 bits per heavy atom. The normalized spacial score (nSPS) is 11.9. The molecule has 1 unspecified atom stereocenters. The highest BCUT2D eigenvalue weighted by molar-refractivity contribution is 5.86. The van der Waals surface area contributed by atoms with Crippen LogP contribution in [0.15, 0.2) is 12.4 Å². The number of ether oxygens (including phenoxy) is 1. The number of carbonyl (C=O) groups excluding carboxylic acids is 1. The summed E-state index contributed by atoms with van der Waals surface area (Å²) in [4.78, 5) is 18.7. The molecule has 3 N–H and O–H groups in total. The molecule has 0 saturated heterocycles. The van der Waals surface area contributed by atoms with Gasteiger partial charge >= 0.3 is 5.97 Å². The molecule has 0 bridgehead atoms. The zero-order chi connectivity index (χ0) is 12.0. The Labute approximate surface area is 92.1 Å². The van der Waals surface area contributed by atoms with Crippen LogP contribution < -0.4 is 5.32 Å². The summed E-state index contributed by atoms with van der Waals surface area (Å²) in [6, 6.07) is 0. The van der Waals surface area contributed by atoms with Crippen LogP contribution >= 0.6 is 0 Å². The molecule has 0 aliphatic heterocycles. The van der Waals surface area contributed by atoms with Gasteiger partial charge in [0.25, 0.3) is 0 Å². The van der Waals surface area contributed by atoms with Gasteiger partial charge in [-0.15, -0.1) is 0 Å². The second kappa shape index (κ2) is 5.99. The van der Waals surface area contributed by atoms with Gasteiger partial charge in [0.2, 0.25) is 0 Å². The molecular weight excluding hydrogens is 214 g/mol. The fraction of sp³-hybridized carbons (Fsp3) is 0.444. The summed E-state index contributed by atoms with van der Waals surface area (Å²) in [7, 11) is 1.26. The van der Waals surface area contributed by atoms with Gasteiger partial charge in [0.05, 0.1) is 32.2 Å². The number of rotatable bonds is 5. The number of nitrogens with one attached hydrogen (secondary N) is 1. The van der Waals surface area contributed by atoms with E-state index in [0.717, 1.165) is 0 Å². The smallest absolute Gasteiger partial charge is 0.358 e. The van der Waals surface area contributed by atoms with E-state index in [1.807, 2.05) is 0 Å². The van der Waals surface area contributed by atoms with Crippen molar-refractivity contribution in [3.05, 3.63) is 18.1 Å². The largest absolute Gasteiger partial charge is 0.464 e. The number of carbonyl (C=O) groups is 1. The highest BCUT2D eigenvalue weighted by Crippen LogP contribution is 2.02. The number of hydrogen-bond acceptors (Lipinski definition) is 7. The molecule has 1 heterocycles. The molecule has 1 aromatic heterocycles. The Bertz CT molecular complexity index is 341. The van der Waals surface area contributed by atoms with Crippen LogP contribution in [-0.2, 0) is 4.74 Å². The second-order valence-electron chi connectivity index (χ2n) is 3.00. The Hall–Kier alpha value is -1.73. The molecule has 0 saturated carbocycles. The van der Waals surface area contributed by atoms with Crippen molar-refractivity contribution in [3.8, 4) is 0 Å². The first-order valence-electron chi connectivity index (χ1n) is 4.60. The van der Waals surface area contributed by atoms with Crippen LogP contribution in [0.5, 0.6) is 0 Å². The first-order chi connectivity index (χ1) is 7.67. The molecule has 0 amide bonds.